The first-order chi connectivity index (χ1) is 12.9. The average Bonchev–Trinajstić information content (AvgIpc) is 2.96. The lowest BCUT2D eigenvalue weighted by molar-refractivity contribution is -0.765. The Kier molecular flexibility index (Phi) is 5.62. The quantitative estimate of drug-likeness (QED) is 0.434. The van der Waals surface area contributed by atoms with E-state index < -0.39 is 37.1 Å². The third-order valence-electron chi connectivity index (χ3n) is 4.42. The molecule has 1 amide bonds. The smallest absolute Gasteiger partial charge is 0.292 e. The van der Waals surface area contributed by atoms with Crippen molar-refractivity contribution in [2.24, 2.45) is 0 Å². The van der Waals surface area contributed by atoms with Gasteiger partial charge in [0.15, 0.2) is 24.3 Å². The second-order valence-corrected chi connectivity index (χ2v) is 6.36. The Morgan fingerprint density at radius 3 is 2.56 bits per heavy atom. The van der Waals surface area contributed by atoms with E-state index in [1.807, 2.05) is 0 Å². The van der Waals surface area contributed by atoms with Gasteiger partial charge in [0, 0.05) is 17.3 Å². The molecule has 8 nitrogen and oxygen atoms in total. The van der Waals surface area contributed by atoms with E-state index in [0.717, 1.165) is 0 Å². The lowest BCUT2D eigenvalue weighted by atomic mass is 10.1. The minimum absolute atomic E-state index is 0.104. The Labute approximate surface area is 155 Å². The standard InChI is InChI=1S/C19H20N2O6/c1-11(23)12-4-2-6-14(8-12)20-18(26)13-5-3-7-21(9-13)19-17(25)16(24)15(10-22)27-19/h2-9,15-17,19,22,24-25H,10H2,1H3/p+1/t15-,16-,17-,19-/m1/s1. The first-order valence-electron chi connectivity index (χ1n) is 8.46. The van der Waals surface area contributed by atoms with E-state index in [0.29, 0.717) is 16.8 Å². The number of carbonyl (C=O) groups is 2. The number of ketones is 1. The molecule has 8 heteroatoms. The van der Waals surface area contributed by atoms with Gasteiger partial charge in [0.2, 0.25) is 0 Å². The summed E-state index contributed by atoms with van der Waals surface area (Å²) in [6, 6.07) is 9.79. The molecule has 0 bridgehead atoms. The van der Waals surface area contributed by atoms with Crippen LogP contribution >= 0.6 is 0 Å². The van der Waals surface area contributed by atoms with Crippen LogP contribution in [0.3, 0.4) is 0 Å². The largest absolute Gasteiger partial charge is 0.394 e. The van der Waals surface area contributed by atoms with E-state index in [-0.39, 0.29) is 5.78 Å². The fourth-order valence-electron chi connectivity index (χ4n) is 2.93. The van der Waals surface area contributed by atoms with Crippen molar-refractivity contribution >= 4 is 17.4 Å². The van der Waals surface area contributed by atoms with Gasteiger partial charge >= 0.3 is 0 Å². The summed E-state index contributed by atoms with van der Waals surface area (Å²) in [5.74, 6) is -0.509. The van der Waals surface area contributed by atoms with Gasteiger partial charge < -0.3 is 25.4 Å². The zero-order valence-electron chi connectivity index (χ0n) is 14.6. The lowest BCUT2D eigenvalue weighted by Gasteiger charge is -2.11. The monoisotopic (exact) mass is 373 g/mol. The van der Waals surface area contributed by atoms with Gasteiger partial charge in [0.25, 0.3) is 12.1 Å². The Morgan fingerprint density at radius 2 is 1.89 bits per heavy atom. The number of rotatable bonds is 5. The lowest BCUT2D eigenvalue weighted by Crippen LogP contribution is -2.46. The second kappa shape index (κ2) is 7.93. The van der Waals surface area contributed by atoms with Crippen molar-refractivity contribution in [3.63, 3.8) is 0 Å². The number of pyridine rings is 1. The number of hydrogen-bond acceptors (Lipinski definition) is 6. The highest BCUT2D eigenvalue weighted by molar-refractivity contribution is 6.04. The maximum atomic E-state index is 12.5. The third-order valence-corrected chi connectivity index (χ3v) is 4.42. The number of hydrogen-bond donors (Lipinski definition) is 4. The number of nitrogens with one attached hydrogen (secondary N) is 1. The van der Waals surface area contributed by atoms with Crippen molar-refractivity contribution in [1.29, 1.82) is 0 Å². The summed E-state index contributed by atoms with van der Waals surface area (Å²) in [7, 11) is 0. The number of benzene rings is 1. The summed E-state index contributed by atoms with van der Waals surface area (Å²) in [5, 5.41) is 31.9. The highest BCUT2D eigenvalue weighted by Gasteiger charge is 2.48. The predicted molar refractivity (Wildman–Crippen MR) is 94.0 cm³/mol. The van der Waals surface area contributed by atoms with Crippen LogP contribution in [0.25, 0.3) is 0 Å². The molecule has 4 N–H and O–H groups in total. The van der Waals surface area contributed by atoms with Crippen molar-refractivity contribution in [3.8, 4) is 0 Å². The molecule has 3 rings (SSSR count). The van der Waals surface area contributed by atoms with E-state index in [1.54, 1.807) is 42.6 Å². The Hall–Kier alpha value is -2.65. The summed E-state index contributed by atoms with van der Waals surface area (Å²) in [5.41, 5.74) is 1.27. The van der Waals surface area contributed by atoms with Gasteiger partial charge in [-0.2, -0.15) is 4.57 Å². The van der Waals surface area contributed by atoms with Crippen LogP contribution in [-0.4, -0.2) is 51.9 Å². The van der Waals surface area contributed by atoms with E-state index in [1.165, 1.54) is 17.7 Å². The summed E-state index contributed by atoms with van der Waals surface area (Å²) in [6.07, 6.45) is -1.22. The van der Waals surface area contributed by atoms with Crippen LogP contribution < -0.4 is 9.88 Å². The molecule has 27 heavy (non-hydrogen) atoms. The molecule has 2 aromatic rings. The highest BCUT2D eigenvalue weighted by Crippen LogP contribution is 2.25. The molecule has 0 aliphatic carbocycles. The molecule has 1 aromatic heterocycles. The van der Waals surface area contributed by atoms with Gasteiger partial charge in [-0.3, -0.25) is 9.59 Å². The van der Waals surface area contributed by atoms with E-state index in [2.05, 4.69) is 5.32 Å². The molecule has 0 radical (unpaired) electrons. The minimum Gasteiger partial charge on any atom is -0.394 e. The van der Waals surface area contributed by atoms with Gasteiger partial charge in [-0.15, -0.1) is 0 Å². The maximum Gasteiger partial charge on any atom is 0.292 e. The molecule has 1 aliphatic heterocycles. The summed E-state index contributed by atoms with van der Waals surface area (Å²) >= 11 is 0. The molecule has 142 valence electrons. The van der Waals surface area contributed by atoms with E-state index in [4.69, 9.17) is 4.74 Å². The number of ether oxygens (including phenoxy) is 1. The van der Waals surface area contributed by atoms with Gasteiger partial charge in [-0.1, -0.05) is 12.1 Å². The molecule has 0 unspecified atom stereocenters. The van der Waals surface area contributed by atoms with Crippen LogP contribution in [0, 0.1) is 0 Å². The minimum atomic E-state index is -1.24. The number of carbonyl (C=O) groups excluding carboxylic acids is 2. The molecule has 1 saturated heterocycles. The van der Waals surface area contributed by atoms with Crippen LogP contribution in [0.2, 0.25) is 0 Å². The number of aliphatic hydroxyl groups excluding tert-OH is 3. The highest BCUT2D eigenvalue weighted by atomic mass is 16.6. The first kappa shape index (κ1) is 19.1. The second-order valence-electron chi connectivity index (χ2n) is 6.36. The molecule has 2 heterocycles. The van der Waals surface area contributed by atoms with Crippen LogP contribution in [0.1, 0.15) is 33.9 Å². The molecule has 1 aromatic carbocycles. The van der Waals surface area contributed by atoms with Crippen LogP contribution in [0.4, 0.5) is 5.69 Å². The molecule has 1 aliphatic rings. The number of Topliss-reactive ketones (excluding diaryl/α,β-unsaturated/α-hetero) is 1. The van der Waals surface area contributed by atoms with Crippen molar-refractivity contribution in [3.05, 3.63) is 59.9 Å². The SMILES string of the molecule is CC(=O)c1cccc(NC(=O)c2ccc[n+]([C@@H]3O[C@H](CO)[C@@H](O)[C@H]3O)c2)c1. The fraction of sp³-hybridized carbons (Fsp3) is 0.316. The normalized spacial score (nSPS) is 24.6. The van der Waals surface area contributed by atoms with E-state index in [9.17, 15) is 24.9 Å². The van der Waals surface area contributed by atoms with Gasteiger partial charge in [0.05, 0.1) is 6.61 Å². The van der Waals surface area contributed by atoms with Gasteiger partial charge in [-0.25, -0.2) is 0 Å². The molecule has 4 atom stereocenters. The van der Waals surface area contributed by atoms with Gasteiger partial charge in [-0.05, 0) is 25.1 Å². The molecular weight excluding hydrogens is 352 g/mol. The maximum absolute atomic E-state index is 12.5. The average molecular weight is 373 g/mol. The topological polar surface area (TPSA) is 120 Å². The molecule has 0 spiro atoms. The summed E-state index contributed by atoms with van der Waals surface area (Å²) in [6.45, 7) is 1.02. The molecular formula is C19H21N2O6+. The third kappa shape index (κ3) is 4.04. The number of aromatic nitrogens is 1. The van der Waals surface area contributed by atoms with Crippen LogP contribution in [-0.2, 0) is 4.74 Å². The molecule has 0 saturated carbocycles. The van der Waals surface area contributed by atoms with Crippen molar-refractivity contribution < 1.29 is 34.2 Å². The Bertz CT molecular complexity index is 856. The summed E-state index contributed by atoms with van der Waals surface area (Å²) < 4.78 is 6.92. The predicted octanol–water partition coefficient (Wildman–Crippen LogP) is 0.0405. The van der Waals surface area contributed by atoms with E-state index >= 15 is 0 Å². The number of aliphatic hydroxyl groups is 3. The number of nitrogens with zero attached hydrogens (tertiary/aromatic N) is 1. The fourth-order valence-corrected chi connectivity index (χ4v) is 2.93. The Balaban J connectivity index is 1.78. The van der Waals surface area contributed by atoms with Crippen molar-refractivity contribution in [2.75, 3.05) is 11.9 Å². The first-order valence-corrected chi connectivity index (χ1v) is 8.46. The summed E-state index contributed by atoms with van der Waals surface area (Å²) in [4.78, 5) is 24.0. The zero-order valence-corrected chi connectivity index (χ0v) is 14.6. The van der Waals surface area contributed by atoms with Gasteiger partial charge in [0.1, 0.15) is 17.8 Å². The van der Waals surface area contributed by atoms with Crippen molar-refractivity contribution in [2.45, 2.75) is 31.5 Å². The molecule has 1 fully saturated rings. The number of amides is 1. The van der Waals surface area contributed by atoms with Crippen LogP contribution in [0.5, 0.6) is 0 Å². The Morgan fingerprint density at radius 1 is 1.15 bits per heavy atom. The zero-order chi connectivity index (χ0) is 19.6. The van der Waals surface area contributed by atoms with Crippen molar-refractivity contribution in [1.82, 2.24) is 0 Å². The van der Waals surface area contributed by atoms with Crippen LogP contribution in [0.15, 0.2) is 48.8 Å². The number of anilines is 1.